The van der Waals surface area contributed by atoms with Gasteiger partial charge in [0.25, 0.3) is 0 Å². The first-order valence-electron chi connectivity index (χ1n) is 16.7. The number of benzene rings is 1. The molecule has 0 radical (unpaired) electrons. The molecule has 5 aliphatic heterocycles. The van der Waals surface area contributed by atoms with Crippen LogP contribution in [0.25, 0.3) is 22.2 Å². The normalized spacial score (nSPS) is 30.0. The van der Waals surface area contributed by atoms with E-state index in [2.05, 4.69) is 20.2 Å². The lowest BCUT2D eigenvalue weighted by molar-refractivity contribution is -0.137. The Kier molecular flexibility index (Phi) is 6.49. The summed E-state index contributed by atoms with van der Waals surface area (Å²) < 4.78 is 104. The quantitative estimate of drug-likeness (QED) is 0.355. The van der Waals surface area contributed by atoms with Gasteiger partial charge in [-0.2, -0.15) is 23.1 Å². The number of pyridine rings is 1. The number of fused-ring (bicyclic) bond motifs is 6. The van der Waals surface area contributed by atoms with Gasteiger partial charge in [-0.05, 0) is 55.6 Å². The second-order valence-corrected chi connectivity index (χ2v) is 14.6. The number of nitrogens with one attached hydrogen (secondary N) is 1. The van der Waals surface area contributed by atoms with Crippen LogP contribution in [-0.2, 0) is 12.6 Å². The van der Waals surface area contributed by atoms with Crippen LogP contribution in [0.1, 0.15) is 56.6 Å². The van der Waals surface area contributed by atoms with Gasteiger partial charge in [-0.25, -0.2) is 18.2 Å². The van der Waals surface area contributed by atoms with Crippen molar-refractivity contribution in [2.45, 2.75) is 87.9 Å². The molecule has 0 amide bonds. The molecule has 5 atom stereocenters. The van der Waals surface area contributed by atoms with E-state index in [0.717, 1.165) is 44.7 Å². The lowest BCUT2D eigenvalue weighted by atomic mass is 9.89. The second-order valence-electron chi connectivity index (χ2n) is 14.6. The molecule has 3 unspecified atom stereocenters. The molecule has 1 aliphatic carbocycles. The topological polar surface area (TPSA) is 102 Å². The molecule has 5 fully saturated rings. The van der Waals surface area contributed by atoms with Gasteiger partial charge in [-0.1, -0.05) is 6.92 Å². The maximum Gasteiger partial charge on any atom is 0.418 e. The summed E-state index contributed by atoms with van der Waals surface area (Å²) in [6.07, 6.45) is -1.17. The lowest BCUT2D eigenvalue weighted by Gasteiger charge is -2.40. The molecule has 1 spiro atoms. The van der Waals surface area contributed by atoms with Crippen molar-refractivity contribution in [1.82, 2.24) is 25.2 Å². The first-order chi connectivity index (χ1) is 22.9. The second kappa shape index (κ2) is 10.2. The van der Waals surface area contributed by atoms with Crippen LogP contribution in [0.15, 0.2) is 6.07 Å². The summed E-state index contributed by atoms with van der Waals surface area (Å²) in [4.78, 5) is 17.0. The van der Waals surface area contributed by atoms with Gasteiger partial charge < -0.3 is 25.4 Å². The van der Waals surface area contributed by atoms with Crippen LogP contribution < -0.4 is 25.4 Å². The summed E-state index contributed by atoms with van der Waals surface area (Å²) in [5, 5.41) is 3.46. The summed E-state index contributed by atoms with van der Waals surface area (Å²) in [7, 11) is 0. The number of rotatable bonds is 5. The van der Waals surface area contributed by atoms with E-state index < -0.39 is 57.6 Å². The maximum atomic E-state index is 16.9. The fraction of sp³-hybridized carbons (Fsp3) is 0.606. The van der Waals surface area contributed by atoms with E-state index in [1.54, 1.807) is 0 Å². The first kappa shape index (κ1) is 30.5. The van der Waals surface area contributed by atoms with E-state index in [1.165, 1.54) is 6.92 Å². The van der Waals surface area contributed by atoms with E-state index in [1.807, 2.05) is 4.90 Å². The fourth-order valence-corrected chi connectivity index (χ4v) is 9.28. The minimum absolute atomic E-state index is 0.0250. The van der Waals surface area contributed by atoms with Crippen LogP contribution in [0.5, 0.6) is 11.8 Å². The monoisotopic (exact) mass is 675 g/mol. The van der Waals surface area contributed by atoms with Crippen molar-refractivity contribution in [3.63, 3.8) is 0 Å². The SMILES string of the molecule is CCc1cc(N)nc(-c2c(F)c3c4c(nc(OC[C@]56C[C@@H](F)CN5CC5(CC5)C6)nc4c2F)N2CC4CCC(N4)C2CO3)c1C(F)(F)F. The van der Waals surface area contributed by atoms with E-state index >= 15 is 8.78 Å². The van der Waals surface area contributed by atoms with Gasteiger partial charge in [-0.3, -0.25) is 4.90 Å². The summed E-state index contributed by atoms with van der Waals surface area (Å²) in [5.74, 6) is -3.26. The Morgan fingerprint density at radius 2 is 1.94 bits per heavy atom. The van der Waals surface area contributed by atoms with Crippen LogP contribution in [-0.4, -0.2) is 82.5 Å². The zero-order valence-electron chi connectivity index (χ0n) is 26.3. The van der Waals surface area contributed by atoms with Gasteiger partial charge in [0, 0.05) is 38.1 Å². The Bertz CT molecular complexity index is 1850. The molecule has 7 heterocycles. The molecule has 4 saturated heterocycles. The number of ether oxygens (including phenoxy) is 2. The Balaban J connectivity index is 1.23. The smallest absolute Gasteiger partial charge is 0.418 e. The van der Waals surface area contributed by atoms with Crippen molar-refractivity contribution >= 4 is 22.5 Å². The third kappa shape index (κ3) is 4.48. The number of aromatic nitrogens is 3. The van der Waals surface area contributed by atoms with E-state index in [9.17, 15) is 17.6 Å². The molecule has 15 heteroatoms. The number of hydrogen-bond donors (Lipinski definition) is 2. The number of aryl methyl sites for hydroxylation is 1. The van der Waals surface area contributed by atoms with E-state index in [4.69, 9.17) is 20.2 Å². The predicted octanol–water partition coefficient (Wildman–Crippen LogP) is 5.18. The van der Waals surface area contributed by atoms with Crippen molar-refractivity contribution in [2.75, 3.05) is 43.5 Å². The summed E-state index contributed by atoms with van der Waals surface area (Å²) in [5.41, 5.74) is 1.51. The Morgan fingerprint density at radius 3 is 2.69 bits per heavy atom. The lowest BCUT2D eigenvalue weighted by Crippen LogP contribution is -2.60. The predicted molar refractivity (Wildman–Crippen MR) is 164 cm³/mol. The Hall–Kier alpha value is -3.59. The van der Waals surface area contributed by atoms with Crippen LogP contribution in [0.4, 0.5) is 38.0 Å². The minimum atomic E-state index is -5.00. The van der Waals surface area contributed by atoms with Gasteiger partial charge in [0.05, 0.1) is 33.8 Å². The molecule has 6 aliphatic rings. The van der Waals surface area contributed by atoms with Crippen molar-refractivity contribution < 1.29 is 35.8 Å². The van der Waals surface area contributed by atoms with Gasteiger partial charge in [0.15, 0.2) is 17.4 Å². The fourth-order valence-electron chi connectivity index (χ4n) is 9.28. The molecule has 3 aromatic rings. The number of anilines is 2. The van der Waals surface area contributed by atoms with Crippen LogP contribution in [0, 0.1) is 17.0 Å². The molecule has 1 aromatic carbocycles. The van der Waals surface area contributed by atoms with E-state index in [0.29, 0.717) is 19.5 Å². The van der Waals surface area contributed by atoms with Gasteiger partial charge in [0.2, 0.25) is 0 Å². The van der Waals surface area contributed by atoms with Crippen molar-refractivity contribution in [1.29, 1.82) is 0 Å². The largest absolute Gasteiger partial charge is 0.487 e. The number of halogens is 6. The molecule has 48 heavy (non-hydrogen) atoms. The van der Waals surface area contributed by atoms with Crippen molar-refractivity contribution in [3.05, 3.63) is 28.8 Å². The summed E-state index contributed by atoms with van der Waals surface area (Å²) in [6.45, 7) is 3.10. The van der Waals surface area contributed by atoms with Crippen molar-refractivity contribution in [3.8, 4) is 23.0 Å². The molecule has 9 nitrogen and oxygen atoms in total. The molecular formula is C33H35F6N7O2. The number of alkyl halides is 4. The number of nitrogens with zero attached hydrogens (tertiary/aromatic N) is 5. The third-order valence-electron chi connectivity index (χ3n) is 11.5. The molecule has 256 valence electrons. The maximum absolute atomic E-state index is 16.9. The van der Waals surface area contributed by atoms with Gasteiger partial charge >= 0.3 is 12.2 Å². The van der Waals surface area contributed by atoms with Crippen LogP contribution >= 0.6 is 0 Å². The molecule has 3 N–H and O–H groups in total. The van der Waals surface area contributed by atoms with Crippen molar-refractivity contribution in [2.24, 2.45) is 5.41 Å². The average molecular weight is 676 g/mol. The minimum Gasteiger partial charge on any atom is -0.487 e. The highest BCUT2D eigenvalue weighted by molar-refractivity contribution is 6.00. The zero-order valence-corrected chi connectivity index (χ0v) is 26.3. The van der Waals surface area contributed by atoms with Crippen LogP contribution in [0.3, 0.4) is 0 Å². The highest BCUT2D eigenvalue weighted by Crippen LogP contribution is 2.61. The highest BCUT2D eigenvalue weighted by atomic mass is 19.4. The highest BCUT2D eigenvalue weighted by Gasteiger charge is 2.62. The van der Waals surface area contributed by atoms with Crippen LogP contribution in [0.2, 0.25) is 0 Å². The van der Waals surface area contributed by atoms with Gasteiger partial charge in [-0.15, -0.1) is 0 Å². The summed E-state index contributed by atoms with van der Waals surface area (Å²) >= 11 is 0. The summed E-state index contributed by atoms with van der Waals surface area (Å²) in [6, 6.07) is 0.598. The molecule has 2 aromatic heterocycles. The molecule has 1 saturated carbocycles. The van der Waals surface area contributed by atoms with Gasteiger partial charge in [0.1, 0.15) is 36.5 Å². The molecular weight excluding hydrogens is 640 g/mol. The Morgan fingerprint density at radius 1 is 1.12 bits per heavy atom. The number of nitrogen functional groups attached to an aromatic ring is 1. The van der Waals surface area contributed by atoms with E-state index in [-0.39, 0.29) is 71.8 Å². The molecule has 9 rings (SSSR count). The number of piperazine rings is 1. The standard InChI is InChI=1S/C33H35F6N7O2/c1-2-15-7-20(40)42-26(23(15)33(37,38)39)21-24(35)27-22-28(25(21)36)47-11-19-18-4-3-17(41-18)10-46(19)29(22)44-30(43-27)48-14-32-8-16(34)9-45(32)13-31(12-32)5-6-31/h7,16-19,41H,2-6,8-14H2,1H3,(H2,40,42)/t16-,17?,18?,19?,32-/m1/s1. The zero-order chi connectivity index (χ0) is 33.3. The third-order valence-corrected chi connectivity index (χ3v) is 11.5. The number of nitrogens with two attached hydrogens (primary N) is 1. The first-order valence-corrected chi connectivity index (χ1v) is 16.7. The number of hydrogen-bond acceptors (Lipinski definition) is 9. The average Bonchev–Trinajstić information content (AvgIpc) is 3.49. The Labute approximate surface area is 272 Å². The molecule has 2 bridgehead atoms.